The van der Waals surface area contributed by atoms with E-state index in [9.17, 15) is 9.18 Å². The summed E-state index contributed by atoms with van der Waals surface area (Å²) in [5, 5.41) is 1.76. The van der Waals surface area contributed by atoms with E-state index in [1.807, 2.05) is 35.0 Å². The molecule has 0 radical (unpaired) electrons. The first-order chi connectivity index (χ1) is 10.1. The van der Waals surface area contributed by atoms with Gasteiger partial charge in [0.2, 0.25) is 0 Å². The van der Waals surface area contributed by atoms with Crippen LogP contribution in [0.25, 0.3) is 10.9 Å². The van der Waals surface area contributed by atoms with Crippen molar-refractivity contribution in [1.29, 1.82) is 0 Å². The fourth-order valence-electron chi connectivity index (χ4n) is 2.35. The minimum Gasteiger partial charge on any atom is -0.347 e. The minimum absolute atomic E-state index is 0.00104. The van der Waals surface area contributed by atoms with Gasteiger partial charge in [-0.05, 0) is 47.9 Å². The lowest BCUT2D eigenvalue weighted by Gasteiger charge is -2.05. The van der Waals surface area contributed by atoms with E-state index < -0.39 is 0 Å². The quantitative estimate of drug-likeness (QED) is 0.640. The molecule has 0 N–H and O–H groups in total. The molecule has 1 heterocycles. The van der Waals surface area contributed by atoms with Gasteiger partial charge in [-0.2, -0.15) is 0 Å². The Morgan fingerprint density at radius 3 is 2.62 bits per heavy atom. The van der Waals surface area contributed by atoms with Gasteiger partial charge in [0.1, 0.15) is 5.82 Å². The number of fused-ring (bicyclic) bond motifs is 1. The van der Waals surface area contributed by atoms with Crippen molar-refractivity contribution in [2.75, 3.05) is 0 Å². The number of aromatic nitrogens is 1. The minimum atomic E-state index is -0.336. The smallest absolute Gasteiger partial charge is 0.164 e. The number of nitrogens with zero attached hydrogens (tertiary/aromatic N) is 1. The van der Waals surface area contributed by atoms with Gasteiger partial charge in [0, 0.05) is 35.3 Å². The van der Waals surface area contributed by atoms with Crippen LogP contribution >= 0.6 is 11.6 Å². The zero-order chi connectivity index (χ0) is 14.8. The Balaban J connectivity index is 1.75. The molecule has 2 aromatic carbocycles. The predicted molar refractivity (Wildman–Crippen MR) is 82.3 cm³/mol. The maximum atomic E-state index is 12.8. The molecular weight excluding hydrogens is 289 g/mol. The summed E-state index contributed by atoms with van der Waals surface area (Å²) in [6, 6.07) is 13.3. The molecule has 3 rings (SSSR count). The largest absolute Gasteiger partial charge is 0.347 e. The van der Waals surface area contributed by atoms with Gasteiger partial charge in [-0.3, -0.25) is 4.79 Å². The third-order valence-electron chi connectivity index (χ3n) is 3.48. The Morgan fingerprint density at radius 1 is 1.10 bits per heavy atom. The monoisotopic (exact) mass is 301 g/mol. The number of hydrogen-bond acceptors (Lipinski definition) is 1. The van der Waals surface area contributed by atoms with Crippen molar-refractivity contribution in [3.63, 3.8) is 0 Å². The zero-order valence-electron chi connectivity index (χ0n) is 11.2. The molecular formula is C17H13ClFNO. The number of rotatable bonds is 4. The zero-order valence-corrected chi connectivity index (χ0v) is 12.0. The van der Waals surface area contributed by atoms with E-state index in [2.05, 4.69) is 0 Å². The van der Waals surface area contributed by atoms with Crippen LogP contribution in [0.1, 0.15) is 16.8 Å². The third-order valence-corrected chi connectivity index (χ3v) is 3.72. The van der Waals surface area contributed by atoms with E-state index in [1.165, 1.54) is 24.3 Å². The molecule has 106 valence electrons. The molecule has 0 bridgehead atoms. The summed E-state index contributed by atoms with van der Waals surface area (Å²) in [6.45, 7) is 0.569. The van der Waals surface area contributed by atoms with Crippen molar-refractivity contribution in [3.05, 3.63) is 71.1 Å². The van der Waals surface area contributed by atoms with Gasteiger partial charge in [0.25, 0.3) is 0 Å². The number of hydrogen-bond donors (Lipinski definition) is 0. The number of Topliss-reactive ketones (excluding diaryl/α,β-unsaturated/α-hetero) is 1. The lowest BCUT2D eigenvalue weighted by molar-refractivity contribution is 0.0977. The van der Waals surface area contributed by atoms with E-state index in [-0.39, 0.29) is 11.6 Å². The second kappa shape index (κ2) is 5.70. The van der Waals surface area contributed by atoms with Gasteiger partial charge in [0.05, 0.1) is 0 Å². The van der Waals surface area contributed by atoms with Crippen LogP contribution < -0.4 is 0 Å². The topological polar surface area (TPSA) is 22.0 Å². The first kappa shape index (κ1) is 13.8. The van der Waals surface area contributed by atoms with Crippen molar-refractivity contribution in [1.82, 2.24) is 4.57 Å². The van der Waals surface area contributed by atoms with Crippen LogP contribution in [0, 0.1) is 5.82 Å². The molecule has 0 aliphatic heterocycles. The molecule has 0 saturated heterocycles. The van der Waals surface area contributed by atoms with Crippen molar-refractivity contribution < 1.29 is 9.18 Å². The number of ketones is 1. The number of carbonyl (C=O) groups is 1. The Labute approximate surface area is 126 Å². The van der Waals surface area contributed by atoms with E-state index >= 15 is 0 Å². The molecule has 3 aromatic rings. The van der Waals surface area contributed by atoms with Crippen LogP contribution in [0.3, 0.4) is 0 Å². The Hall–Kier alpha value is -2.13. The highest BCUT2D eigenvalue weighted by Crippen LogP contribution is 2.21. The molecule has 0 amide bonds. The summed E-state index contributed by atoms with van der Waals surface area (Å²) in [5.41, 5.74) is 1.54. The first-order valence-corrected chi connectivity index (χ1v) is 7.04. The number of carbonyl (C=O) groups excluding carboxylic acids is 1. The third kappa shape index (κ3) is 2.98. The molecule has 0 saturated carbocycles. The fourth-order valence-corrected chi connectivity index (χ4v) is 2.52. The summed E-state index contributed by atoms with van der Waals surface area (Å²) in [5.74, 6) is -0.337. The van der Waals surface area contributed by atoms with Gasteiger partial charge in [-0.25, -0.2) is 4.39 Å². The van der Waals surface area contributed by atoms with Crippen LogP contribution in [0.15, 0.2) is 54.7 Å². The fraction of sp³-hybridized carbons (Fsp3) is 0.118. The Kier molecular flexibility index (Phi) is 3.76. The maximum absolute atomic E-state index is 12.8. The van der Waals surface area contributed by atoms with E-state index in [4.69, 9.17) is 11.6 Å². The maximum Gasteiger partial charge on any atom is 0.164 e. The average Bonchev–Trinajstić information content (AvgIpc) is 2.88. The average molecular weight is 302 g/mol. The second-order valence-corrected chi connectivity index (χ2v) is 5.33. The molecule has 2 nitrogen and oxygen atoms in total. The molecule has 0 aliphatic carbocycles. The molecule has 0 atom stereocenters. The summed E-state index contributed by atoms with van der Waals surface area (Å²) in [4.78, 5) is 12.1. The first-order valence-electron chi connectivity index (χ1n) is 6.67. The van der Waals surface area contributed by atoms with Crippen molar-refractivity contribution in [3.8, 4) is 0 Å². The molecule has 0 fully saturated rings. The number of benzene rings is 2. The van der Waals surface area contributed by atoms with E-state index in [0.29, 0.717) is 23.6 Å². The van der Waals surface area contributed by atoms with Gasteiger partial charge in [0.15, 0.2) is 5.78 Å². The van der Waals surface area contributed by atoms with Gasteiger partial charge in [-0.15, -0.1) is 0 Å². The van der Waals surface area contributed by atoms with Crippen molar-refractivity contribution in [2.24, 2.45) is 0 Å². The summed E-state index contributed by atoms with van der Waals surface area (Å²) < 4.78 is 14.8. The molecule has 1 aromatic heterocycles. The second-order valence-electron chi connectivity index (χ2n) is 4.89. The highest BCUT2D eigenvalue weighted by Gasteiger charge is 2.08. The molecule has 4 heteroatoms. The lowest BCUT2D eigenvalue weighted by atomic mass is 10.1. The number of halogens is 2. The number of aryl methyl sites for hydroxylation is 1. The summed E-state index contributed by atoms with van der Waals surface area (Å²) in [6.07, 6.45) is 2.31. The van der Waals surface area contributed by atoms with Crippen molar-refractivity contribution in [2.45, 2.75) is 13.0 Å². The van der Waals surface area contributed by atoms with E-state index in [0.717, 1.165) is 10.9 Å². The van der Waals surface area contributed by atoms with E-state index in [1.54, 1.807) is 0 Å². The van der Waals surface area contributed by atoms with Crippen LogP contribution in [-0.2, 0) is 6.54 Å². The predicted octanol–water partition coefficient (Wildman–Crippen LogP) is 4.71. The standard InChI is InChI=1S/C17H13ClFNO/c18-14-4-1-12-7-9-20(16(12)11-14)10-8-17(21)13-2-5-15(19)6-3-13/h1-7,9,11H,8,10H2. The van der Waals surface area contributed by atoms with Crippen LogP contribution in [0.4, 0.5) is 4.39 Å². The SMILES string of the molecule is O=C(CCn1ccc2ccc(Cl)cc21)c1ccc(F)cc1. The Bertz CT molecular complexity index is 792. The highest BCUT2D eigenvalue weighted by atomic mass is 35.5. The van der Waals surface area contributed by atoms with Crippen molar-refractivity contribution >= 4 is 28.3 Å². The lowest BCUT2D eigenvalue weighted by Crippen LogP contribution is -2.05. The Morgan fingerprint density at radius 2 is 1.86 bits per heavy atom. The summed E-state index contributed by atoms with van der Waals surface area (Å²) in [7, 11) is 0. The molecule has 0 aliphatic rings. The normalized spacial score (nSPS) is 11.0. The van der Waals surface area contributed by atoms with Gasteiger partial charge < -0.3 is 4.57 Å². The molecule has 21 heavy (non-hydrogen) atoms. The highest BCUT2D eigenvalue weighted by molar-refractivity contribution is 6.31. The van der Waals surface area contributed by atoms with Crippen LogP contribution in [-0.4, -0.2) is 10.4 Å². The summed E-state index contributed by atoms with van der Waals surface area (Å²) >= 11 is 6.01. The van der Waals surface area contributed by atoms with Gasteiger partial charge >= 0.3 is 0 Å². The van der Waals surface area contributed by atoms with Crippen LogP contribution in [0.5, 0.6) is 0 Å². The molecule has 0 spiro atoms. The van der Waals surface area contributed by atoms with Gasteiger partial charge in [-0.1, -0.05) is 17.7 Å². The molecule has 0 unspecified atom stereocenters. The van der Waals surface area contributed by atoms with Crippen LogP contribution in [0.2, 0.25) is 5.02 Å².